The van der Waals surface area contributed by atoms with Gasteiger partial charge in [0.2, 0.25) is 11.8 Å². The Balaban J connectivity index is 1.88. The van der Waals surface area contributed by atoms with Gasteiger partial charge in [-0.2, -0.15) is 4.98 Å². The minimum absolute atomic E-state index is 0.394. The molecule has 0 fully saturated rings. The van der Waals surface area contributed by atoms with E-state index in [-0.39, 0.29) is 0 Å². The zero-order valence-electron chi connectivity index (χ0n) is 11.3. The van der Waals surface area contributed by atoms with Crippen molar-refractivity contribution < 1.29 is 4.52 Å². The topological polar surface area (TPSA) is 95.6 Å². The van der Waals surface area contributed by atoms with E-state index in [0.29, 0.717) is 23.5 Å². The molecule has 2 rings (SSSR count). The van der Waals surface area contributed by atoms with Crippen LogP contribution in [0.25, 0.3) is 0 Å². The highest BCUT2D eigenvalue weighted by Gasteiger charge is 2.11. The second kappa shape index (κ2) is 6.05. The van der Waals surface area contributed by atoms with Crippen molar-refractivity contribution in [2.75, 3.05) is 5.73 Å². The standard InChI is InChI=1S/C11H18N6OS/c1-7(2)4-5-8-13-9(18-16-8)6-19-11-15-14-10(12)17(11)3/h7H,4-6H2,1-3H3,(H2,12,14). The summed E-state index contributed by atoms with van der Waals surface area (Å²) in [6.45, 7) is 4.35. The lowest BCUT2D eigenvalue weighted by molar-refractivity contribution is 0.383. The molecule has 0 saturated carbocycles. The van der Waals surface area contributed by atoms with E-state index in [0.717, 1.165) is 23.8 Å². The van der Waals surface area contributed by atoms with Crippen LogP contribution < -0.4 is 5.73 Å². The molecule has 0 radical (unpaired) electrons. The summed E-state index contributed by atoms with van der Waals surface area (Å²) in [4.78, 5) is 4.35. The Morgan fingerprint density at radius 3 is 2.79 bits per heavy atom. The Bertz CT molecular complexity index is 535. The molecular weight excluding hydrogens is 264 g/mol. The second-order valence-electron chi connectivity index (χ2n) is 4.73. The number of nitrogens with two attached hydrogens (primary N) is 1. The Morgan fingerprint density at radius 2 is 2.16 bits per heavy atom. The highest BCUT2D eigenvalue weighted by atomic mass is 32.2. The van der Waals surface area contributed by atoms with Crippen LogP contribution in [0.15, 0.2) is 9.68 Å². The average Bonchev–Trinajstić information content (AvgIpc) is 2.94. The molecule has 2 aromatic rings. The molecule has 0 aliphatic carbocycles. The van der Waals surface area contributed by atoms with E-state index >= 15 is 0 Å². The Labute approximate surface area is 116 Å². The molecule has 0 atom stereocenters. The maximum Gasteiger partial charge on any atom is 0.237 e. The largest absolute Gasteiger partial charge is 0.368 e. The van der Waals surface area contributed by atoms with Gasteiger partial charge in [0, 0.05) is 13.5 Å². The van der Waals surface area contributed by atoms with Crippen molar-refractivity contribution in [1.29, 1.82) is 0 Å². The van der Waals surface area contributed by atoms with Crippen LogP contribution >= 0.6 is 11.8 Å². The SMILES string of the molecule is CC(C)CCc1noc(CSc2nnc(N)n2C)n1. The van der Waals surface area contributed by atoms with E-state index in [2.05, 4.69) is 34.2 Å². The number of rotatable bonds is 6. The summed E-state index contributed by atoms with van der Waals surface area (Å²) < 4.78 is 6.92. The van der Waals surface area contributed by atoms with Crippen molar-refractivity contribution in [3.63, 3.8) is 0 Å². The third-order valence-corrected chi connectivity index (χ3v) is 3.65. The summed E-state index contributed by atoms with van der Waals surface area (Å²) in [5.74, 6) is 2.97. The second-order valence-corrected chi connectivity index (χ2v) is 5.67. The van der Waals surface area contributed by atoms with E-state index in [1.165, 1.54) is 11.8 Å². The first-order valence-corrected chi connectivity index (χ1v) is 7.14. The van der Waals surface area contributed by atoms with E-state index in [1.807, 2.05) is 7.05 Å². The van der Waals surface area contributed by atoms with Crippen molar-refractivity contribution >= 4 is 17.7 Å². The van der Waals surface area contributed by atoms with Gasteiger partial charge in [-0.15, -0.1) is 10.2 Å². The monoisotopic (exact) mass is 282 g/mol. The summed E-state index contributed by atoms with van der Waals surface area (Å²) in [6.07, 6.45) is 1.91. The molecule has 19 heavy (non-hydrogen) atoms. The Hall–Kier alpha value is -1.57. The lowest BCUT2D eigenvalue weighted by Crippen LogP contribution is -1.98. The summed E-state index contributed by atoms with van der Waals surface area (Å²) >= 11 is 1.47. The number of anilines is 1. The summed E-state index contributed by atoms with van der Waals surface area (Å²) in [5, 5.41) is 12.4. The minimum atomic E-state index is 0.394. The number of aromatic nitrogens is 5. The van der Waals surface area contributed by atoms with Gasteiger partial charge >= 0.3 is 0 Å². The molecule has 2 aromatic heterocycles. The van der Waals surface area contributed by atoms with Crippen molar-refractivity contribution in [1.82, 2.24) is 24.9 Å². The number of hydrogen-bond acceptors (Lipinski definition) is 7. The van der Waals surface area contributed by atoms with Crippen molar-refractivity contribution in [3.05, 3.63) is 11.7 Å². The first kappa shape index (κ1) is 13.9. The van der Waals surface area contributed by atoms with Gasteiger partial charge in [-0.25, -0.2) is 0 Å². The van der Waals surface area contributed by atoms with Gasteiger partial charge in [-0.05, 0) is 12.3 Å². The molecule has 0 unspecified atom stereocenters. The van der Waals surface area contributed by atoms with Crippen LogP contribution in [0.1, 0.15) is 32.0 Å². The van der Waals surface area contributed by atoms with Crippen LogP contribution in [0.4, 0.5) is 5.95 Å². The van der Waals surface area contributed by atoms with Crippen LogP contribution in [0.3, 0.4) is 0 Å². The van der Waals surface area contributed by atoms with Gasteiger partial charge in [0.05, 0.1) is 5.75 Å². The molecule has 8 heteroatoms. The van der Waals surface area contributed by atoms with Crippen LogP contribution in [0.5, 0.6) is 0 Å². The fourth-order valence-electron chi connectivity index (χ4n) is 1.45. The van der Waals surface area contributed by atoms with Crippen molar-refractivity contribution in [2.45, 2.75) is 37.6 Å². The Morgan fingerprint density at radius 1 is 1.37 bits per heavy atom. The normalized spacial score (nSPS) is 11.4. The van der Waals surface area contributed by atoms with E-state index < -0.39 is 0 Å². The average molecular weight is 282 g/mol. The van der Waals surface area contributed by atoms with E-state index in [1.54, 1.807) is 4.57 Å². The van der Waals surface area contributed by atoms with Crippen molar-refractivity contribution in [2.24, 2.45) is 13.0 Å². The first-order valence-electron chi connectivity index (χ1n) is 6.15. The Kier molecular flexibility index (Phi) is 4.41. The summed E-state index contributed by atoms with van der Waals surface area (Å²) in [6, 6.07) is 0. The van der Waals surface area contributed by atoms with Crippen molar-refractivity contribution in [3.8, 4) is 0 Å². The van der Waals surface area contributed by atoms with Gasteiger partial charge in [-0.1, -0.05) is 30.8 Å². The fourth-order valence-corrected chi connectivity index (χ4v) is 2.20. The molecule has 0 aromatic carbocycles. The quantitative estimate of drug-likeness (QED) is 0.805. The maximum absolute atomic E-state index is 5.61. The highest BCUT2D eigenvalue weighted by Crippen LogP contribution is 2.20. The lowest BCUT2D eigenvalue weighted by Gasteiger charge is -1.99. The predicted molar refractivity (Wildman–Crippen MR) is 72.4 cm³/mol. The molecule has 0 aliphatic rings. The zero-order chi connectivity index (χ0) is 13.8. The molecule has 7 nitrogen and oxygen atoms in total. The minimum Gasteiger partial charge on any atom is -0.368 e. The molecule has 0 amide bonds. The van der Waals surface area contributed by atoms with Crippen LogP contribution in [0, 0.1) is 5.92 Å². The maximum atomic E-state index is 5.61. The molecular formula is C11H18N6OS. The summed E-state index contributed by atoms with van der Waals surface area (Å²) in [7, 11) is 1.82. The van der Waals surface area contributed by atoms with Crippen LogP contribution in [-0.2, 0) is 19.2 Å². The molecule has 0 spiro atoms. The number of nitrogen functional groups attached to an aromatic ring is 1. The molecule has 0 aliphatic heterocycles. The highest BCUT2D eigenvalue weighted by molar-refractivity contribution is 7.98. The zero-order valence-corrected chi connectivity index (χ0v) is 12.1. The van der Waals surface area contributed by atoms with Gasteiger partial charge in [0.25, 0.3) is 0 Å². The van der Waals surface area contributed by atoms with Crippen LogP contribution in [-0.4, -0.2) is 24.9 Å². The van der Waals surface area contributed by atoms with E-state index in [9.17, 15) is 0 Å². The lowest BCUT2D eigenvalue weighted by atomic mass is 10.1. The molecule has 2 N–H and O–H groups in total. The predicted octanol–water partition coefficient (Wildman–Crippen LogP) is 1.66. The van der Waals surface area contributed by atoms with Crippen LogP contribution in [0.2, 0.25) is 0 Å². The molecule has 0 bridgehead atoms. The number of thioether (sulfide) groups is 1. The summed E-state index contributed by atoms with van der Waals surface area (Å²) in [5.41, 5.74) is 5.61. The van der Waals surface area contributed by atoms with Gasteiger partial charge < -0.3 is 10.3 Å². The molecule has 0 saturated heterocycles. The van der Waals surface area contributed by atoms with Gasteiger partial charge in [-0.3, -0.25) is 4.57 Å². The number of aryl methyl sites for hydroxylation is 1. The molecule has 104 valence electrons. The first-order chi connectivity index (χ1) is 9.06. The molecule has 2 heterocycles. The van der Waals surface area contributed by atoms with Gasteiger partial charge in [0.15, 0.2) is 11.0 Å². The van der Waals surface area contributed by atoms with Gasteiger partial charge in [0.1, 0.15) is 0 Å². The smallest absolute Gasteiger partial charge is 0.237 e. The number of nitrogens with zero attached hydrogens (tertiary/aromatic N) is 5. The third kappa shape index (κ3) is 3.69. The fraction of sp³-hybridized carbons (Fsp3) is 0.636. The third-order valence-electron chi connectivity index (χ3n) is 2.65. The van der Waals surface area contributed by atoms with E-state index in [4.69, 9.17) is 10.3 Å². The number of hydrogen-bond donors (Lipinski definition) is 1.